The Balaban J connectivity index is 1.38. The topological polar surface area (TPSA) is 106 Å². The minimum absolute atomic E-state index is 0.0987. The fraction of sp³-hybridized carbons (Fsp3) is 0.391. The van der Waals surface area contributed by atoms with Gasteiger partial charge in [-0.05, 0) is 30.4 Å². The molecule has 1 saturated heterocycles. The van der Waals surface area contributed by atoms with E-state index in [1.165, 1.54) is 11.6 Å². The number of alkyl halides is 2. The molecule has 1 aliphatic carbocycles. The molecular weight excluding hydrogens is 437 g/mol. The average Bonchev–Trinajstić information content (AvgIpc) is 3.32. The number of benzene rings is 1. The van der Waals surface area contributed by atoms with E-state index >= 15 is 0 Å². The van der Waals surface area contributed by atoms with Gasteiger partial charge in [0.25, 0.3) is 6.01 Å². The number of H-pyrrole nitrogens is 1. The number of pyridine rings is 1. The van der Waals surface area contributed by atoms with E-state index in [1.54, 1.807) is 12.1 Å². The fourth-order valence-electron chi connectivity index (χ4n) is 4.17. The SMILES string of the molecule is NC1CC=C(c2ccc(-c3nc4nc(O[C@@H]5CO[C@H](CO)C5(F)F)[nH]c4cc3F)cc2)CC1. The number of allylic oxidation sites excluding steroid dienone is 1. The monoisotopic (exact) mass is 460 g/mol. The first-order valence-corrected chi connectivity index (χ1v) is 10.7. The molecule has 1 aliphatic heterocycles. The summed E-state index contributed by atoms with van der Waals surface area (Å²) >= 11 is 0. The van der Waals surface area contributed by atoms with Crippen molar-refractivity contribution in [3.05, 3.63) is 47.8 Å². The molecule has 174 valence electrons. The maximum absolute atomic E-state index is 14.8. The van der Waals surface area contributed by atoms with Crippen molar-refractivity contribution in [3.63, 3.8) is 0 Å². The van der Waals surface area contributed by atoms with Crippen LogP contribution in [0.25, 0.3) is 28.0 Å². The van der Waals surface area contributed by atoms with E-state index in [9.17, 15) is 13.2 Å². The van der Waals surface area contributed by atoms with Crippen molar-refractivity contribution < 1.29 is 27.8 Å². The molecular formula is C23H23F3N4O3. The average molecular weight is 460 g/mol. The van der Waals surface area contributed by atoms with Gasteiger partial charge < -0.3 is 25.3 Å². The van der Waals surface area contributed by atoms with Crippen LogP contribution in [0, 0.1) is 5.82 Å². The smallest absolute Gasteiger partial charge is 0.314 e. The largest absolute Gasteiger partial charge is 0.452 e. The number of ether oxygens (including phenoxy) is 2. The molecule has 1 aromatic carbocycles. The third-order valence-electron chi connectivity index (χ3n) is 6.11. The fourth-order valence-corrected chi connectivity index (χ4v) is 4.17. The molecule has 4 N–H and O–H groups in total. The van der Waals surface area contributed by atoms with E-state index in [2.05, 4.69) is 21.0 Å². The van der Waals surface area contributed by atoms with E-state index in [-0.39, 0.29) is 28.9 Å². The molecule has 0 amide bonds. The standard InChI is InChI=1S/C23H23F3N4O3/c24-16-9-17-21(30-22(28-17)33-19-11-32-18(10-31)23(19,25)26)29-20(16)14-3-1-12(2-4-14)13-5-7-15(27)8-6-13/h1-5,9,15,18-19,31H,6-8,10-11,27H2,(H,28,29,30)/t15?,18-,19-/m1/s1. The number of nitrogens with one attached hydrogen (secondary N) is 1. The molecule has 0 saturated carbocycles. The number of hydrogen-bond donors (Lipinski definition) is 3. The molecule has 3 heterocycles. The lowest BCUT2D eigenvalue weighted by molar-refractivity contribution is -0.118. The summed E-state index contributed by atoms with van der Waals surface area (Å²) in [6, 6.07) is 8.60. The Morgan fingerprint density at radius 1 is 1.21 bits per heavy atom. The number of rotatable bonds is 5. The van der Waals surface area contributed by atoms with Crippen molar-refractivity contribution in [3.8, 4) is 17.3 Å². The summed E-state index contributed by atoms with van der Waals surface area (Å²) in [6.45, 7) is -1.23. The van der Waals surface area contributed by atoms with E-state index in [0.29, 0.717) is 5.56 Å². The van der Waals surface area contributed by atoms with Gasteiger partial charge in [-0.15, -0.1) is 0 Å². The summed E-state index contributed by atoms with van der Waals surface area (Å²) in [5, 5.41) is 9.03. The van der Waals surface area contributed by atoms with Crippen molar-refractivity contribution in [2.45, 2.75) is 43.4 Å². The summed E-state index contributed by atoms with van der Waals surface area (Å²) in [7, 11) is 0. The molecule has 1 unspecified atom stereocenters. The van der Waals surface area contributed by atoms with Crippen LogP contribution in [0.2, 0.25) is 0 Å². The maximum Gasteiger partial charge on any atom is 0.314 e. The van der Waals surface area contributed by atoms with Crippen LogP contribution in [0.5, 0.6) is 6.01 Å². The van der Waals surface area contributed by atoms with E-state index in [4.69, 9.17) is 20.3 Å². The Morgan fingerprint density at radius 3 is 2.64 bits per heavy atom. The van der Waals surface area contributed by atoms with E-state index in [0.717, 1.165) is 24.8 Å². The van der Waals surface area contributed by atoms with Gasteiger partial charge in [-0.2, -0.15) is 13.8 Å². The summed E-state index contributed by atoms with van der Waals surface area (Å²) < 4.78 is 53.4. The number of aromatic amines is 1. The highest BCUT2D eigenvalue weighted by molar-refractivity contribution is 5.77. The summed E-state index contributed by atoms with van der Waals surface area (Å²) in [4.78, 5) is 11.0. The highest BCUT2D eigenvalue weighted by Crippen LogP contribution is 2.35. The predicted octanol–water partition coefficient (Wildman–Crippen LogP) is 3.43. The lowest BCUT2D eigenvalue weighted by Crippen LogP contribution is -2.43. The molecule has 10 heteroatoms. The minimum atomic E-state index is -3.39. The predicted molar refractivity (Wildman–Crippen MR) is 115 cm³/mol. The molecule has 0 radical (unpaired) electrons. The van der Waals surface area contributed by atoms with Crippen molar-refractivity contribution in [2.24, 2.45) is 5.73 Å². The number of fused-ring (bicyclic) bond motifs is 1. The van der Waals surface area contributed by atoms with Crippen LogP contribution >= 0.6 is 0 Å². The third-order valence-corrected chi connectivity index (χ3v) is 6.11. The molecule has 2 aliphatic rings. The Hall–Kier alpha value is -2.95. The second-order valence-electron chi connectivity index (χ2n) is 8.36. The zero-order chi connectivity index (χ0) is 23.2. The number of imidazole rings is 1. The van der Waals surface area contributed by atoms with Gasteiger partial charge in [-0.1, -0.05) is 30.3 Å². The van der Waals surface area contributed by atoms with Crippen molar-refractivity contribution in [2.75, 3.05) is 13.2 Å². The number of halogens is 3. The maximum atomic E-state index is 14.8. The van der Waals surface area contributed by atoms with Gasteiger partial charge in [0.05, 0.1) is 18.7 Å². The normalized spacial score (nSPS) is 24.8. The van der Waals surface area contributed by atoms with Gasteiger partial charge in [0.15, 0.2) is 17.6 Å². The number of aliphatic hydroxyl groups is 1. The molecule has 0 bridgehead atoms. The van der Waals surface area contributed by atoms with Gasteiger partial charge in [-0.25, -0.2) is 9.37 Å². The highest BCUT2D eigenvalue weighted by atomic mass is 19.3. The Morgan fingerprint density at radius 2 is 1.97 bits per heavy atom. The van der Waals surface area contributed by atoms with Crippen LogP contribution in [0.15, 0.2) is 36.4 Å². The summed E-state index contributed by atoms with van der Waals surface area (Å²) in [6.07, 6.45) is 1.55. The van der Waals surface area contributed by atoms with Crippen molar-refractivity contribution >= 4 is 16.7 Å². The Bertz CT molecular complexity index is 1200. The van der Waals surface area contributed by atoms with E-state index in [1.807, 2.05) is 12.1 Å². The number of aromatic nitrogens is 3. The van der Waals surface area contributed by atoms with Crippen LogP contribution in [-0.4, -0.2) is 57.4 Å². The van der Waals surface area contributed by atoms with Gasteiger partial charge >= 0.3 is 5.92 Å². The first-order chi connectivity index (χ1) is 15.8. The first kappa shape index (κ1) is 21.9. The number of nitrogens with two attached hydrogens (primary N) is 1. The zero-order valence-corrected chi connectivity index (χ0v) is 17.6. The summed E-state index contributed by atoms with van der Waals surface area (Å²) in [5.41, 5.74) is 9.24. The second kappa shape index (κ2) is 8.44. The molecule has 3 atom stereocenters. The third kappa shape index (κ3) is 4.09. The van der Waals surface area contributed by atoms with E-state index < -0.39 is 37.2 Å². The lowest BCUT2D eigenvalue weighted by Gasteiger charge is -2.20. The molecule has 0 spiro atoms. The zero-order valence-electron chi connectivity index (χ0n) is 17.6. The van der Waals surface area contributed by atoms with Crippen LogP contribution < -0.4 is 10.5 Å². The van der Waals surface area contributed by atoms with Crippen LogP contribution in [0.4, 0.5) is 13.2 Å². The second-order valence-corrected chi connectivity index (χ2v) is 8.36. The van der Waals surface area contributed by atoms with Crippen molar-refractivity contribution in [1.82, 2.24) is 15.0 Å². The number of nitrogens with zero attached hydrogens (tertiary/aromatic N) is 2. The minimum Gasteiger partial charge on any atom is -0.452 e. The molecule has 5 rings (SSSR count). The van der Waals surface area contributed by atoms with Gasteiger partial charge in [0.1, 0.15) is 11.8 Å². The van der Waals surface area contributed by atoms with Gasteiger partial charge in [0, 0.05) is 17.7 Å². The highest BCUT2D eigenvalue weighted by Gasteiger charge is 2.55. The Labute approximate surface area is 187 Å². The number of aliphatic hydroxyl groups excluding tert-OH is 1. The van der Waals surface area contributed by atoms with Gasteiger partial charge in [0.2, 0.25) is 0 Å². The first-order valence-electron chi connectivity index (χ1n) is 10.7. The van der Waals surface area contributed by atoms with Crippen molar-refractivity contribution in [1.29, 1.82) is 0 Å². The summed E-state index contributed by atoms with van der Waals surface area (Å²) in [5.74, 6) is -3.97. The molecule has 33 heavy (non-hydrogen) atoms. The molecule has 1 fully saturated rings. The lowest BCUT2D eigenvalue weighted by atomic mass is 9.90. The molecule has 2 aromatic heterocycles. The molecule has 7 nitrogen and oxygen atoms in total. The van der Waals surface area contributed by atoms with Crippen LogP contribution in [-0.2, 0) is 4.74 Å². The Kier molecular flexibility index (Phi) is 5.59. The van der Waals surface area contributed by atoms with Crippen LogP contribution in [0.3, 0.4) is 0 Å². The van der Waals surface area contributed by atoms with Gasteiger partial charge in [-0.3, -0.25) is 0 Å². The van der Waals surface area contributed by atoms with Crippen LogP contribution in [0.1, 0.15) is 24.8 Å². The molecule has 3 aromatic rings. The number of hydrogen-bond acceptors (Lipinski definition) is 6. The quantitative estimate of drug-likeness (QED) is 0.539.